The van der Waals surface area contributed by atoms with Crippen LogP contribution in [0.1, 0.15) is 185 Å². The van der Waals surface area contributed by atoms with Crippen LogP contribution in [0.2, 0.25) is 10.0 Å². The van der Waals surface area contributed by atoms with Gasteiger partial charge in [-0.15, -0.1) is 14.0 Å². The van der Waals surface area contributed by atoms with E-state index in [0.29, 0.717) is 70.6 Å². The van der Waals surface area contributed by atoms with Gasteiger partial charge in [-0.2, -0.15) is 0 Å². The summed E-state index contributed by atoms with van der Waals surface area (Å²) in [6, 6.07) is 7.41. The van der Waals surface area contributed by atoms with Crippen molar-refractivity contribution >= 4 is 84.4 Å². The van der Waals surface area contributed by atoms with Gasteiger partial charge in [0.1, 0.15) is 126 Å². The number of carbonyl (C=O) groups excluding carboxylic acids is 8. The first kappa shape index (κ1) is 104. The Morgan fingerprint density at radius 2 is 1.15 bits per heavy atom. The number of carboxylic acids is 1. The van der Waals surface area contributed by atoms with Gasteiger partial charge in [0.2, 0.25) is 71.3 Å². The summed E-state index contributed by atoms with van der Waals surface area (Å²) in [5.74, 6) is -16.4. The van der Waals surface area contributed by atoms with E-state index in [-0.39, 0.29) is 69.7 Å². The van der Waals surface area contributed by atoms with Crippen molar-refractivity contribution in [1.82, 2.24) is 66.8 Å². The smallest absolute Gasteiger partial charge is 0.417 e. The lowest BCUT2D eigenvalue weighted by Crippen LogP contribution is -2.66. The van der Waals surface area contributed by atoms with Crippen LogP contribution < -0.4 is 76.1 Å². The number of phenols is 3. The minimum Gasteiger partial charge on any atom is -0.508 e. The molecular weight excluding hydrogens is 1920 g/mol. The highest BCUT2D eigenvalue weighted by atomic mass is 35.5. The Labute approximate surface area is 834 Å². The van der Waals surface area contributed by atoms with Crippen molar-refractivity contribution in [2.45, 2.75) is 226 Å². The van der Waals surface area contributed by atoms with Gasteiger partial charge in [-0.3, -0.25) is 42.9 Å². The van der Waals surface area contributed by atoms with Crippen LogP contribution in [-0.2, 0) is 59.0 Å². The summed E-state index contributed by atoms with van der Waals surface area (Å²) in [6.07, 6.45) is -9.76. The molecule has 18 rings (SSSR count). The van der Waals surface area contributed by atoms with Crippen LogP contribution in [0.3, 0.4) is 0 Å². The number of carbonyl (C=O) groups is 9. The number of halogens is 2. The molecule has 0 radical (unpaired) electrons. The van der Waals surface area contributed by atoms with Gasteiger partial charge in [-0.05, 0) is 185 Å². The number of amides is 8. The van der Waals surface area contributed by atoms with Crippen molar-refractivity contribution in [2.24, 2.45) is 0 Å². The normalized spacial score (nSPS) is 26.5. The van der Waals surface area contributed by atoms with E-state index in [4.69, 9.17) is 60.9 Å². The summed E-state index contributed by atoms with van der Waals surface area (Å²) in [5, 5.41) is 153. The molecule has 0 spiro atoms. The molecule has 7 aromatic carbocycles. The van der Waals surface area contributed by atoms with Crippen molar-refractivity contribution in [3.63, 3.8) is 0 Å². The van der Waals surface area contributed by atoms with Gasteiger partial charge in [0.05, 0.1) is 16.7 Å². The molecular formula is C99H121Cl2N13O28P+. The minimum absolute atomic E-state index is 0.0780. The Bertz CT molecular complexity index is 5820. The van der Waals surface area contributed by atoms with Crippen LogP contribution in [0, 0.1) is 0 Å². The summed E-state index contributed by atoms with van der Waals surface area (Å²) >= 11 is 15.5. The number of aliphatic hydroxyl groups is 7. The summed E-state index contributed by atoms with van der Waals surface area (Å²) in [6.45, 7) is 5.14. The Kier molecular flexibility index (Phi) is 33.4. The highest BCUT2D eigenvalue weighted by Gasteiger charge is 2.63. The van der Waals surface area contributed by atoms with E-state index in [9.17, 15) is 65.8 Å². The van der Waals surface area contributed by atoms with Crippen molar-refractivity contribution < 1.29 is 137 Å². The van der Waals surface area contributed by atoms with Crippen molar-refractivity contribution in [2.75, 3.05) is 80.1 Å². The largest absolute Gasteiger partial charge is 0.508 e. The van der Waals surface area contributed by atoms with E-state index in [1.807, 2.05) is 4.90 Å². The van der Waals surface area contributed by atoms with Gasteiger partial charge >= 0.3 is 13.9 Å². The van der Waals surface area contributed by atoms with Crippen LogP contribution >= 0.6 is 31.1 Å². The zero-order valence-corrected chi connectivity index (χ0v) is 81.5. The molecule has 44 heteroatoms. The van der Waals surface area contributed by atoms with Gasteiger partial charge in [0.15, 0.2) is 29.1 Å². The van der Waals surface area contributed by atoms with E-state index in [1.54, 1.807) is 14.1 Å². The lowest BCUT2D eigenvalue weighted by molar-refractivity contribution is -0.277. The summed E-state index contributed by atoms with van der Waals surface area (Å²) < 4.78 is 60.6. The number of ether oxygens (including phenoxy) is 7. The van der Waals surface area contributed by atoms with Crippen LogP contribution in [0.25, 0.3) is 11.1 Å². The lowest BCUT2D eigenvalue weighted by Gasteiger charge is -2.41. The highest BCUT2D eigenvalue weighted by molar-refractivity contribution is 7.64. The number of nitrogens with zero attached hydrogens (tertiary/aromatic N) is 4. The Morgan fingerprint density at radius 3 is 1.80 bits per heavy atom. The fourth-order valence-electron chi connectivity index (χ4n) is 19.6. The number of hydrogen-bond donors (Lipinski definition) is 20. The monoisotopic (exact) mass is 2040 g/mol. The molecule has 0 aromatic heterocycles. The average Bonchev–Trinajstić information content (AvgIpc) is 1.66. The number of nitrogens with one attached hydrogen (secondary N) is 9. The molecule has 17 bridgehead atoms. The van der Waals surface area contributed by atoms with Crippen LogP contribution in [0.4, 0.5) is 0 Å². The standard InChI is InChI=1S/C99H120Cl2N13O28P/c1-5-6-7-8-9-10-11-12-20-72(119)105-81-84(122)86(124)89(97(133)134)141-98(81)140-88-69-43-54-44-70(88)137-65-30-25-53(41-61(65)100)82(120)80-96(132)109-78(91(127)103-31-19-32-111(3)4)59-45-55(116)46-67(138-99-87(125)85(123)83(121)71(49-115)139-99)73(59)58-40-51(23-28-63(58)117)76(93(129)110-80)106-94(130)77(54)107-95(131)79-60-47-57(48-68(74(60)101)142-143(112-33-13-14-34-112,113-35-15-16-36-113)114-37-17-18-38-114)136-66-42-52(24-29-64(66)118)75(102-2)92(128)104-62(90(126)108-79)39-50-21-26-56(135-69)27-22-50/h21-30,40-48,62,71,75-87,89,98-99,102,115,120-125H,5-20,31-39,49H2,1-4H3,(H11-,103,104,105,106,107,108,109,110,116,117,118,119,126,127,128,129,130,131,132,133,134)/p+1/t62-,71-,75+,76-,77-,78+,79+,80+,81-,82-,83-,84-,85+,86+,87+,89+,98-,99+/m1/s1. The second kappa shape index (κ2) is 45.8. The molecule has 11 aliphatic rings. The quantitative estimate of drug-likeness (QED) is 0.0191. The number of aliphatic hydroxyl groups excluding tert-OH is 7. The van der Waals surface area contributed by atoms with Crippen molar-refractivity contribution in [3.8, 4) is 80.1 Å². The van der Waals surface area contributed by atoms with Gasteiger partial charge < -0.3 is 142 Å². The molecule has 768 valence electrons. The zero-order valence-electron chi connectivity index (χ0n) is 79.1. The number of aliphatic carboxylic acids is 1. The maximum atomic E-state index is 17.4. The second-order valence-corrected chi connectivity index (χ2v) is 41.1. The molecule has 41 nitrogen and oxygen atoms in total. The average molecular weight is 2040 g/mol. The first-order chi connectivity index (χ1) is 68.7. The maximum Gasteiger partial charge on any atom is 0.417 e. The fourth-order valence-corrected chi connectivity index (χ4v) is 24.3. The summed E-state index contributed by atoms with van der Waals surface area (Å²) in [7, 11) is 1.82. The van der Waals surface area contributed by atoms with Crippen LogP contribution in [-0.4, -0.2) is 282 Å². The molecule has 0 unspecified atom stereocenters. The SMILES string of the molecule is CCCCCCCCCCC(=O)N[C@H]1[C@H](Oc2c3cc4cc2Oc2ccc(cc2Cl)[C@@H](O)[C@@H]2NC(=O)[C@H](NC(=O)[C@@H]4NC(=O)[C@H]4NC(=O)[C@@H](Cc5ccc(cc5)O3)NC(=O)[C@@H](NC)c3ccc(O)c(c3)Oc3cc(O[P+](N5CCCC5)(N5CCCC5)N5CCCC5)c(Cl)c4c3)c3ccc(O)c(c3)-c3c(O[C@H]4O[C@H](CO)[C@@H](O)[C@H](O)[C@@H]4O)cc(O)cc3[C@@H](C(=O)NCCCN(C)C)NC2=O)O[C@H](C(=O)O)[C@@H](O)[C@@H]1O. The third-order valence-electron chi connectivity index (χ3n) is 27.1. The number of aromatic hydroxyl groups is 3. The Balaban J connectivity index is 0.934. The van der Waals surface area contributed by atoms with Gasteiger partial charge in [0, 0.05) is 87.5 Å². The van der Waals surface area contributed by atoms with Gasteiger partial charge in [0.25, 0.3) is 0 Å². The molecule has 5 saturated heterocycles. The first-order valence-electron chi connectivity index (χ1n) is 48.3. The van der Waals surface area contributed by atoms with E-state index in [2.05, 4.69) is 68.8 Å². The second-order valence-electron chi connectivity index (χ2n) is 37.4. The molecule has 5 fully saturated rings. The number of unbranched alkanes of at least 4 members (excludes halogenated alkanes) is 7. The zero-order chi connectivity index (χ0) is 102. The van der Waals surface area contributed by atoms with E-state index >= 15 is 33.6 Å². The molecule has 0 aliphatic carbocycles. The first-order valence-corrected chi connectivity index (χ1v) is 50.6. The number of rotatable bonds is 27. The number of phenolic OH excluding ortho intramolecular Hbond substituents is 3. The molecule has 0 saturated carbocycles. The van der Waals surface area contributed by atoms with Crippen molar-refractivity contribution in [3.05, 3.63) is 164 Å². The Morgan fingerprint density at radius 1 is 0.538 bits per heavy atom. The highest BCUT2D eigenvalue weighted by Crippen LogP contribution is 2.71. The van der Waals surface area contributed by atoms with Gasteiger partial charge in [-0.25, -0.2) is 4.79 Å². The van der Waals surface area contributed by atoms with Crippen LogP contribution in [0.5, 0.6) is 69.0 Å². The van der Waals surface area contributed by atoms with Gasteiger partial charge in [-0.1, -0.05) is 105 Å². The predicted octanol–water partition coefficient (Wildman–Crippen LogP) is 6.56. The van der Waals surface area contributed by atoms with E-state index in [1.165, 1.54) is 73.8 Å². The molecule has 7 aromatic rings. The number of hydrogen-bond acceptors (Lipinski definition) is 32. The van der Waals surface area contributed by atoms with Crippen molar-refractivity contribution in [1.29, 1.82) is 0 Å². The van der Waals surface area contributed by atoms with E-state index < -0.39 is 251 Å². The number of carboxylic acid groups (broad SMARTS) is 1. The third kappa shape index (κ3) is 22.9. The maximum absolute atomic E-state index is 17.4. The number of fused-ring (bicyclic) bond motifs is 14. The molecule has 18 atom stereocenters. The number of likely N-dealkylation sites (N-methyl/N-ethyl adjacent to an activating group) is 1. The third-order valence-corrected chi connectivity index (χ3v) is 31.7. The van der Waals surface area contributed by atoms with E-state index in [0.717, 1.165) is 126 Å². The predicted molar refractivity (Wildman–Crippen MR) is 516 cm³/mol. The molecule has 11 heterocycles. The lowest BCUT2D eigenvalue weighted by atomic mass is 9.89. The molecule has 11 aliphatic heterocycles. The number of benzene rings is 7. The molecule has 8 amide bonds. The summed E-state index contributed by atoms with van der Waals surface area (Å²) in [5.41, 5.74) is -2.25. The summed E-state index contributed by atoms with van der Waals surface area (Å²) in [4.78, 5) is 144. The van der Waals surface area contributed by atoms with Crippen LogP contribution in [0.15, 0.2) is 115 Å². The Hall–Kier alpha value is -11.6. The fraction of sp³-hybridized carbons (Fsp3) is 0.485. The minimum atomic E-state index is -3.22. The molecule has 20 N–H and O–H groups in total. The molecule has 143 heavy (non-hydrogen) atoms. The topological polar surface area (TPSA) is 571 Å².